The summed E-state index contributed by atoms with van der Waals surface area (Å²) in [4.78, 5) is 12.4. The summed E-state index contributed by atoms with van der Waals surface area (Å²) >= 11 is 0. The van der Waals surface area contributed by atoms with Crippen LogP contribution in [0.2, 0.25) is 0 Å². The van der Waals surface area contributed by atoms with Crippen molar-refractivity contribution in [3.8, 4) is 5.75 Å². The van der Waals surface area contributed by atoms with Crippen LogP contribution in [-0.4, -0.2) is 42.7 Å². The van der Waals surface area contributed by atoms with Gasteiger partial charge in [-0.15, -0.1) is 0 Å². The highest BCUT2D eigenvalue weighted by Gasteiger charge is 2.09. The molecule has 0 fully saturated rings. The fourth-order valence-electron chi connectivity index (χ4n) is 2.06. The van der Waals surface area contributed by atoms with E-state index in [0.717, 1.165) is 29.8 Å². The number of aliphatic carboxylic acids is 1. The first-order valence-corrected chi connectivity index (χ1v) is 7.25. The molecule has 0 heterocycles. The van der Waals surface area contributed by atoms with Crippen LogP contribution in [0.5, 0.6) is 5.75 Å². The largest absolute Gasteiger partial charge is 0.496 e. The van der Waals surface area contributed by atoms with E-state index in [2.05, 4.69) is 19.2 Å². The summed E-state index contributed by atoms with van der Waals surface area (Å²) in [7, 11) is 3.45. The third kappa shape index (κ3) is 6.14. The zero-order valence-corrected chi connectivity index (χ0v) is 13.3. The van der Waals surface area contributed by atoms with E-state index < -0.39 is 5.97 Å². The highest BCUT2D eigenvalue weighted by Crippen LogP contribution is 2.21. The lowest BCUT2D eigenvalue weighted by Gasteiger charge is -2.17. The Morgan fingerprint density at radius 2 is 2.19 bits per heavy atom. The van der Waals surface area contributed by atoms with Gasteiger partial charge in [-0.1, -0.05) is 19.1 Å². The SMILES string of the molecule is CCC(C)NCc1ccc(CN(C)CC(=O)O)cc1OC. The molecule has 0 aliphatic carbocycles. The maximum absolute atomic E-state index is 10.7. The van der Waals surface area contributed by atoms with E-state index in [0.29, 0.717) is 12.6 Å². The minimum atomic E-state index is -0.821. The van der Waals surface area contributed by atoms with Crippen molar-refractivity contribution in [3.05, 3.63) is 29.3 Å². The van der Waals surface area contributed by atoms with Gasteiger partial charge in [0.15, 0.2) is 0 Å². The number of rotatable bonds is 9. The molecule has 0 radical (unpaired) electrons. The number of nitrogens with one attached hydrogen (secondary N) is 1. The van der Waals surface area contributed by atoms with Crippen LogP contribution in [0.25, 0.3) is 0 Å². The van der Waals surface area contributed by atoms with Gasteiger partial charge in [-0.25, -0.2) is 0 Å². The number of carbonyl (C=O) groups is 1. The van der Waals surface area contributed by atoms with E-state index in [-0.39, 0.29) is 6.54 Å². The summed E-state index contributed by atoms with van der Waals surface area (Å²) in [6.07, 6.45) is 1.08. The second-order valence-corrected chi connectivity index (χ2v) is 5.40. The van der Waals surface area contributed by atoms with Crippen LogP contribution < -0.4 is 10.1 Å². The van der Waals surface area contributed by atoms with Gasteiger partial charge in [-0.3, -0.25) is 9.69 Å². The van der Waals surface area contributed by atoms with Crippen molar-refractivity contribution in [2.45, 2.75) is 39.4 Å². The first-order valence-electron chi connectivity index (χ1n) is 7.25. The van der Waals surface area contributed by atoms with Gasteiger partial charge in [0.1, 0.15) is 5.75 Å². The van der Waals surface area contributed by atoms with Crippen molar-refractivity contribution < 1.29 is 14.6 Å². The quantitative estimate of drug-likeness (QED) is 0.730. The molecule has 1 rings (SSSR count). The Kier molecular flexibility index (Phi) is 7.19. The second kappa shape index (κ2) is 8.64. The zero-order valence-electron chi connectivity index (χ0n) is 13.3. The molecule has 0 aliphatic heterocycles. The van der Waals surface area contributed by atoms with Crippen LogP contribution in [0.1, 0.15) is 31.4 Å². The third-order valence-electron chi connectivity index (χ3n) is 3.46. The summed E-state index contributed by atoms with van der Waals surface area (Å²) in [5, 5.41) is 12.2. The maximum atomic E-state index is 10.7. The molecule has 0 spiro atoms. The lowest BCUT2D eigenvalue weighted by Crippen LogP contribution is -2.25. The molecule has 0 aromatic heterocycles. The topological polar surface area (TPSA) is 61.8 Å². The predicted molar refractivity (Wildman–Crippen MR) is 83.6 cm³/mol. The van der Waals surface area contributed by atoms with Crippen molar-refractivity contribution in [1.29, 1.82) is 0 Å². The summed E-state index contributed by atoms with van der Waals surface area (Å²) in [5.41, 5.74) is 2.16. The molecule has 0 aliphatic rings. The summed E-state index contributed by atoms with van der Waals surface area (Å²) in [5.74, 6) is 0.0193. The van der Waals surface area contributed by atoms with Crippen LogP contribution >= 0.6 is 0 Å². The Balaban J connectivity index is 2.71. The molecule has 118 valence electrons. The zero-order chi connectivity index (χ0) is 15.8. The van der Waals surface area contributed by atoms with Gasteiger partial charge in [0.2, 0.25) is 0 Å². The van der Waals surface area contributed by atoms with Crippen LogP contribution in [0, 0.1) is 0 Å². The highest BCUT2D eigenvalue weighted by molar-refractivity contribution is 5.69. The molecular weight excluding hydrogens is 268 g/mol. The van der Waals surface area contributed by atoms with E-state index >= 15 is 0 Å². The number of ether oxygens (including phenoxy) is 1. The molecule has 0 saturated heterocycles. The highest BCUT2D eigenvalue weighted by atomic mass is 16.5. The molecule has 1 aromatic rings. The monoisotopic (exact) mass is 294 g/mol. The van der Waals surface area contributed by atoms with Gasteiger partial charge in [-0.2, -0.15) is 0 Å². The Labute approximate surface area is 126 Å². The molecular formula is C16H26N2O3. The molecule has 0 amide bonds. The fourth-order valence-corrected chi connectivity index (χ4v) is 2.06. The van der Waals surface area contributed by atoms with Gasteiger partial charge in [0.05, 0.1) is 13.7 Å². The van der Waals surface area contributed by atoms with Gasteiger partial charge < -0.3 is 15.2 Å². The molecule has 2 N–H and O–H groups in total. The normalized spacial score (nSPS) is 12.4. The van der Waals surface area contributed by atoms with Gasteiger partial charge in [0, 0.05) is 24.7 Å². The Bertz CT molecular complexity index is 463. The second-order valence-electron chi connectivity index (χ2n) is 5.40. The summed E-state index contributed by atoms with van der Waals surface area (Å²) < 4.78 is 5.44. The summed E-state index contributed by atoms with van der Waals surface area (Å²) in [6, 6.07) is 6.51. The van der Waals surface area contributed by atoms with Gasteiger partial charge in [-0.05, 0) is 32.0 Å². The van der Waals surface area contributed by atoms with Crippen molar-refractivity contribution >= 4 is 5.97 Å². The Morgan fingerprint density at radius 3 is 2.76 bits per heavy atom. The molecule has 21 heavy (non-hydrogen) atoms. The third-order valence-corrected chi connectivity index (χ3v) is 3.46. The van der Waals surface area contributed by atoms with Crippen LogP contribution in [0.15, 0.2) is 18.2 Å². The number of hydrogen-bond acceptors (Lipinski definition) is 4. The van der Waals surface area contributed by atoms with Crippen molar-refractivity contribution in [2.24, 2.45) is 0 Å². The molecule has 1 unspecified atom stereocenters. The first kappa shape index (κ1) is 17.5. The van der Waals surface area contributed by atoms with Gasteiger partial charge >= 0.3 is 5.97 Å². The number of carboxylic acid groups (broad SMARTS) is 1. The fraction of sp³-hybridized carbons (Fsp3) is 0.562. The summed E-state index contributed by atoms with van der Waals surface area (Å²) in [6.45, 7) is 5.68. The van der Waals surface area contributed by atoms with E-state index in [1.807, 2.05) is 18.2 Å². The molecule has 1 aromatic carbocycles. The average Bonchev–Trinajstić information content (AvgIpc) is 2.44. The van der Waals surface area contributed by atoms with Crippen LogP contribution in [-0.2, 0) is 17.9 Å². The standard InChI is InChI=1S/C16H26N2O3/c1-5-12(2)17-9-14-7-6-13(8-15(14)21-4)10-18(3)11-16(19)20/h6-8,12,17H,5,9-11H2,1-4H3,(H,19,20). The minimum absolute atomic E-state index is 0.0274. The maximum Gasteiger partial charge on any atom is 0.317 e. The smallest absolute Gasteiger partial charge is 0.317 e. The first-order chi connectivity index (χ1) is 9.96. The molecule has 5 heteroatoms. The number of benzene rings is 1. The molecule has 5 nitrogen and oxygen atoms in total. The van der Waals surface area contributed by atoms with Crippen molar-refractivity contribution in [3.63, 3.8) is 0 Å². The molecule has 0 saturated carbocycles. The number of hydrogen-bond donors (Lipinski definition) is 2. The van der Waals surface area contributed by atoms with Crippen LogP contribution in [0.3, 0.4) is 0 Å². The van der Waals surface area contributed by atoms with Gasteiger partial charge in [0.25, 0.3) is 0 Å². The van der Waals surface area contributed by atoms with E-state index in [1.54, 1.807) is 19.1 Å². The van der Waals surface area contributed by atoms with Crippen molar-refractivity contribution in [1.82, 2.24) is 10.2 Å². The Morgan fingerprint density at radius 1 is 1.48 bits per heavy atom. The predicted octanol–water partition coefficient (Wildman–Crippen LogP) is 2.10. The molecule has 0 bridgehead atoms. The van der Waals surface area contributed by atoms with Crippen molar-refractivity contribution in [2.75, 3.05) is 20.7 Å². The van der Waals surface area contributed by atoms with Crippen LogP contribution in [0.4, 0.5) is 0 Å². The number of likely N-dealkylation sites (N-methyl/N-ethyl adjacent to an activating group) is 1. The molecule has 1 atom stereocenters. The number of carboxylic acids is 1. The Hall–Kier alpha value is -1.59. The minimum Gasteiger partial charge on any atom is -0.496 e. The van der Waals surface area contributed by atoms with E-state index in [1.165, 1.54) is 0 Å². The van der Waals surface area contributed by atoms with E-state index in [9.17, 15) is 4.79 Å². The lowest BCUT2D eigenvalue weighted by molar-refractivity contribution is -0.138. The lowest BCUT2D eigenvalue weighted by atomic mass is 10.1. The number of nitrogens with zero attached hydrogens (tertiary/aromatic N) is 1. The van der Waals surface area contributed by atoms with E-state index in [4.69, 9.17) is 9.84 Å². The number of methoxy groups -OCH3 is 1. The average molecular weight is 294 g/mol.